The molecule has 0 aliphatic heterocycles. The van der Waals surface area contributed by atoms with Crippen molar-refractivity contribution in [2.75, 3.05) is 19.8 Å². The lowest BCUT2D eigenvalue weighted by Crippen LogP contribution is -2.36. The molecule has 0 saturated carbocycles. The normalized spacial score (nSPS) is 12.6. The fourth-order valence-electron chi connectivity index (χ4n) is 2.71. The summed E-state index contributed by atoms with van der Waals surface area (Å²) < 4.78 is 41.4. The smallest absolute Gasteiger partial charge is 0.327 e. The zero-order valence-corrected chi connectivity index (χ0v) is 17.9. The molecule has 3 N–H and O–H groups in total. The van der Waals surface area contributed by atoms with E-state index < -0.39 is 33.7 Å². The third kappa shape index (κ3) is 15.8. The first-order chi connectivity index (χ1) is 13.3. The van der Waals surface area contributed by atoms with E-state index in [1.54, 1.807) is 0 Å². The molecular weight excluding hydrogens is 386 g/mol. The summed E-state index contributed by atoms with van der Waals surface area (Å²) in [5, 5.41) is -1.97. The van der Waals surface area contributed by atoms with E-state index in [0.29, 0.717) is 19.6 Å². The average molecular weight is 424 g/mol. The second-order valence-corrected chi connectivity index (χ2v) is 8.59. The van der Waals surface area contributed by atoms with Crippen LogP contribution in [0.2, 0.25) is 0 Å². The minimum absolute atomic E-state index is 0.0539. The number of amides is 1. The van der Waals surface area contributed by atoms with E-state index in [1.165, 1.54) is 51.4 Å². The summed E-state index contributed by atoms with van der Waals surface area (Å²) in [6.45, 7) is 3.19. The van der Waals surface area contributed by atoms with Crippen LogP contribution in [0.5, 0.6) is 0 Å². The quantitative estimate of drug-likeness (QED) is 0.185. The molecule has 0 aromatic rings. The molecule has 0 aliphatic carbocycles. The maximum atomic E-state index is 11.6. The number of primary amides is 1. The monoisotopic (exact) mass is 423 g/mol. The number of carbonyl (C=O) groups excluding carboxylic acids is 2. The van der Waals surface area contributed by atoms with Crippen LogP contribution in [0.25, 0.3) is 0 Å². The van der Waals surface area contributed by atoms with Gasteiger partial charge in [-0.25, -0.2) is 0 Å². The first kappa shape index (κ1) is 26.8. The van der Waals surface area contributed by atoms with Crippen LogP contribution >= 0.6 is 0 Å². The van der Waals surface area contributed by atoms with Gasteiger partial charge in [0, 0.05) is 19.6 Å². The lowest BCUT2D eigenvalue weighted by Gasteiger charge is -2.12. The van der Waals surface area contributed by atoms with Gasteiger partial charge in [0.2, 0.25) is 5.91 Å². The molecular formula is C19H37NO7S. The van der Waals surface area contributed by atoms with Crippen LogP contribution in [0.3, 0.4) is 0 Å². The second-order valence-electron chi connectivity index (χ2n) is 6.99. The Hall–Kier alpha value is -1.19. The van der Waals surface area contributed by atoms with Crippen molar-refractivity contribution in [1.29, 1.82) is 0 Å². The molecule has 28 heavy (non-hydrogen) atoms. The van der Waals surface area contributed by atoms with Gasteiger partial charge in [0.15, 0.2) is 5.25 Å². The van der Waals surface area contributed by atoms with E-state index in [1.807, 2.05) is 0 Å². The lowest BCUT2D eigenvalue weighted by atomic mass is 10.1. The summed E-state index contributed by atoms with van der Waals surface area (Å²) >= 11 is 0. The molecule has 0 bridgehead atoms. The van der Waals surface area contributed by atoms with Gasteiger partial charge < -0.3 is 15.2 Å². The Kier molecular flexibility index (Phi) is 16.0. The predicted molar refractivity (Wildman–Crippen MR) is 107 cm³/mol. The molecule has 1 atom stereocenters. The summed E-state index contributed by atoms with van der Waals surface area (Å²) in [5.41, 5.74) is 4.87. The molecule has 0 heterocycles. The highest BCUT2D eigenvalue weighted by molar-refractivity contribution is 7.87. The first-order valence-corrected chi connectivity index (χ1v) is 11.8. The van der Waals surface area contributed by atoms with Crippen LogP contribution in [0.4, 0.5) is 0 Å². The summed E-state index contributed by atoms with van der Waals surface area (Å²) in [4.78, 5) is 22.4. The van der Waals surface area contributed by atoms with E-state index in [0.717, 1.165) is 12.8 Å². The molecule has 0 saturated heterocycles. The average Bonchev–Trinajstić information content (AvgIpc) is 2.61. The van der Waals surface area contributed by atoms with E-state index in [2.05, 4.69) is 6.92 Å². The number of rotatable bonds is 19. The molecule has 8 nitrogen and oxygen atoms in total. The zero-order chi connectivity index (χ0) is 21.3. The van der Waals surface area contributed by atoms with Gasteiger partial charge in [-0.2, -0.15) is 8.42 Å². The molecule has 166 valence electrons. The molecule has 9 heteroatoms. The van der Waals surface area contributed by atoms with Crippen molar-refractivity contribution >= 4 is 22.0 Å². The molecule has 1 unspecified atom stereocenters. The van der Waals surface area contributed by atoms with Crippen molar-refractivity contribution in [3.05, 3.63) is 0 Å². The van der Waals surface area contributed by atoms with Crippen LogP contribution in [-0.4, -0.2) is 49.9 Å². The number of esters is 1. The summed E-state index contributed by atoms with van der Waals surface area (Å²) in [5.74, 6) is -2.20. The third-order valence-corrected chi connectivity index (χ3v) is 5.41. The molecule has 0 spiro atoms. The minimum atomic E-state index is -4.74. The topological polar surface area (TPSA) is 133 Å². The molecule has 0 aromatic heterocycles. The third-order valence-electron chi connectivity index (χ3n) is 4.33. The van der Waals surface area contributed by atoms with Gasteiger partial charge in [-0.15, -0.1) is 0 Å². The number of unbranched alkanes of at least 4 members (excludes halogenated alkanes) is 9. The van der Waals surface area contributed by atoms with Crippen LogP contribution in [0.15, 0.2) is 0 Å². The van der Waals surface area contributed by atoms with Gasteiger partial charge in [-0.1, -0.05) is 64.7 Å². The van der Waals surface area contributed by atoms with Crippen molar-refractivity contribution < 1.29 is 32.0 Å². The van der Waals surface area contributed by atoms with Crippen molar-refractivity contribution in [2.45, 2.75) is 89.2 Å². The SMILES string of the molecule is CCCCCCCCCCCCOCCCOC(=O)C(CC(N)=O)S(=O)(=O)O. The maximum Gasteiger partial charge on any atom is 0.327 e. The zero-order valence-electron chi connectivity index (χ0n) is 17.1. The van der Waals surface area contributed by atoms with Gasteiger partial charge in [-0.3, -0.25) is 14.1 Å². The Labute approximate surface area is 169 Å². The fraction of sp³-hybridized carbons (Fsp3) is 0.895. The van der Waals surface area contributed by atoms with E-state index in [9.17, 15) is 18.0 Å². The summed E-state index contributed by atoms with van der Waals surface area (Å²) in [7, 11) is -4.74. The molecule has 0 radical (unpaired) electrons. The highest BCUT2D eigenvalue weighted by atomic mass is 32.2. The van der Waals surface area contributed by atoms with Crippen molar-refractivity contribution in [2.24, 2.45) is 5.73 Å². The van der Waals surface area contributed by atoms with Crippen LogP contribution in [0, 0.1) is 0 Å². The summed E-state index contributed by atoms with van der Waals surface area (Å²) in [6, 6.07) is 0. The standard InChI is InChI=1S/C19H37NO7S/c1-2-3-4-5-6-7-8-9-10-11-13-26-14-12-15-27-19(22)17(16-18(20)21)28(23,24)25/h17H,2-16H2,1H3,(H2,20,21)(H,23,24,25). The molecule has 1 amide bonds. The van der Waals surface area contributed by atoms with Crippen LogP contribution < -0.4 is 5.73 Å². The fourth-order valence-corrected chi connectivity index (χ4v) is 3.40. The molecule has 0 rings (SSSR count). The highest BCUT2D eigenvalue weighted by Crippen LogP contribution is 2.10. The van der Waals surface area contributed by atoms with Gasteiger partial charge in [0.1, 0.15) is 0 Å². The number of ether oxygens (including phenoxy) is 2. The molecule has 0 aromatic carbocycles. The van der Waals surface area contributed by atoms with Gasteiger partial charge in [0.25, 0.3) is 10.1 Å². The largest absolute Gasteiger partial charge is 0.465 e. The Balaban J connectivity index is 3.56. The number of carbonyl (C=O) groups is 2. The number of nitrogens with two attached hydrogens (primary N) is 1. The Morgan fingerprint density at radius 1 is 0.857 bits per heavy atom. The lowest BCUT2D eigenvalue weighted by molar-refractivity contribution is -0.144. The summed E-state index contributed by atoms with van der Waals surface area (Å²) in [6.07, 6.45) is 12.1. The molecule has 0 aliphatic rings. The van der Waals surface area contributed by atoms with Crippen molar-refractivity contribution in [3.8, 4) is 0 Å². The Morgan fingerprint density at radius 3 is 1.86 bits per heavy atom. The minimum Gasteiger partial charge on any atom is -0.465 e. The van der Waals surface area contributed by atoms with Gasteiger partial charge in [0.05, 0.1) is 13.0 Å². The van der Waals surface area contributed by atoms with Gasteiger partial charge in [-0.05, 0) is 6.42 Å². The van der Waals surface area contributed by atoms with Crippen LogP contribution in [0.1, 0.15) is 84.0 Å². The van der Waals surface area contributed by atoms with Gasteiger partial charge >= 0.3 is 5.97 Å². The maximum absolute atomic E-state index is 11.6. The predicted octanol–water partition coefficient (Wildman–Crippen LogP) is 2.99. The Morgan fingerprint density at radius 2 is 1.36 bits per heavy atom. The van der Waals surface area contributed by atoms with E-state index in [4.69, 9.17) is 19.8 Å². The van der Waals surface area contributed by atoms with Crippen molar-refractivity contribution in [1.82, 2.24) is 0 Å². The Bertz CT molecular complexity index is 522. The molecule has 0 fully saturated rings. The number of hydrogen-bond acceptors (Lipinski definition) is 6. The van der Waals surface area contributed by atoms with E-state index >= 15 is 0 Å². The second kappa shape index (κ2) is 16.7. The highest BCUT2D eigenvalue weighted by Gasteiger charge is 2.34. The van der Waals surface area contributed by atoms with Crippen molar-refractivity contribution in [3.63, 3.8) is 0 Å². The van der Waals surface area contributed by atoms with Crippen LogP contribution in [-0.2, 0) is 29.2 Å². The van der Waals surface area contributed by atoms with E-state index in [-0.39, 0.29) is 6.61 Å². The number of hydrogen-bond donors (Lipinski definition) is 2. The first-order valence-electron chi connectivity index (χ1n) is 10.3.